The number of amides is 2. The molecule has 0 spiro atoms. The van der Waals surface area contributed by atoms with Gasteiger partial charge in [0.25, 0.3) is 17.7 Å². The molecule has 0 aliphatic carbocycles. The van der Waals surface area contributed by atoms with E-state index in [1.54, 1.807) is 42.2 Å². The number of carbonyl (C=O) groups is 2. The maximum atomic E-state index is 13.1. The molecule has 0 bridgehead atoms. The number of halogens is 3. The molecule has 2 amide bonds. The van der Waals surface area contributed by atoms with Crippen LogP contribution >= 0.6 is 25.1 Å². The summed E-state index contributed by atoms with van der Waals surface area (Å²) in [7, 11) is 0. The van der Waals surface area contributed by atoms with Crippen LogP contribution in [0.4, 0.5) is 14.5 Å². The van der Waals surface area contributed by atoms with Gasteiger partial charge < -0.3 is 20.2 Å². The Hall–Kier alpha value is -2.40. The summed E-state index contributed by atoms with van der Waals surface area (Å²) in [5.74, 6) is -3.55. The Morgan fingerprint density at radius 3 is 2.26 bits per heavy atom. The Morgan fingerprint density at radius 2 is 1.68 bits per heavy atom. The molecule has 3 fully saturated rings. The van der Waals surface area contributed by atoms with Crippen molar-refractivity contribution >= 4 is 42.6 Å². The highest BCUT2D eigenvalue weighted by molar-refractivity contribution is 7.59. The average Bonchev–Trinajstić information content (AvgIpc) is 2.84. The third-order valence-corrected chi connectivity index (χ3v) is 7.94. The van der Waals surface area contributed by atoms with Crippen LogP contribution in [0.1, 0.15) is 35.7 Å². The summed E-state index contributed by atoms with van der Waals surface area (Å²) >= 11 is 6.29. The monoisotopic (exact) mass is 566 g/mol. The molecule has 0 saturated carbocycles. The first kappa shape index (κ1) is 28.6. The highest BCUT2D eigenvalue weighted by Gasteiger charge is 2.46. The van der Waals surface area contributed by atoms with Crippen molar-refractivity contribution < 1.29 is 23.5 Å². The van der Waals surface area contributed by atoms with Crippen LogP contribution in [0.15, 0.2) is 48.5 Å². The first-order valence-electron chi connectivity index (χ1n) is 12.6. The zero-order valence-corrected chi connectivity index (χ0v) is 22.9. The minimum Gasteiger partial charge on any atom is -0.380 e. The van der Waals surface area contributed by atoms with Crippen LogP contribution in [-0.4, -0.2) is 88.9 Å². The largest absolute Gasteiger partial charge is 0.380 e. The molecule has 2 aromatic carbocycles. The van der Waals surface area contributed by atoms with Gasteiger partial charge in [0.1, 0.15) is 0 Å². The number of aliphatic hydroxyl groups is 1. The molecule has 11 heteroatoms. The van der Waals surface area contributed by atoms with Crippen LogP contribution in [0.25, 0.3) is 0 Å². The molecule has 3 heterocycles. The molecule has 2 aromatic rings. The lowest BCUT2D eigenvalue weighted by molar-refractivity contribution is -0.152. The highest BCUT2D eigenvalue weighted by Crippen LogP contribution is 2.32. The number of benzene rings is 2. The van der Waals surface area contributed by atoms with E-state index >= 15 is 0 Å². The maximum Gasteiger partial charge on any atom is 0.282 e. The molecule has 5 rings (SSSR count). The molecule has 1 atom stereocenters. The van der Waals surface area contributed by atoms with Gasteiger partial charge >= 0.3 is 0 Å². The predicted octanol–water partition coefficient (Wildman–Crippen LogP) is 3.54. The number of hydrogen-bond donors (Lipinski definition) is 2. The topological polar surface area (TPSA) is 76.1 Å². The predicted molar refractivity (Wildman–Crippen MR) is 147 cm³/mol. The van der Waals surface area contributed by atoms with Gasteiger partial charge in [0, 0.05) is 37.9 Å². The van der Waals surface area contributed by atoms with E-state index in [0.717, 1.165) is 36.5 Å². The van der Waals surface area contributed by atoms with Gasteiger partial charge in [-0.1, -0.05) is 41.9 Å². The Balaban J connectivity index is 0.00000336. The molecule has 0 radical (unpaired) electrons. The van der Waals surface area contributed by atoms with Crippen LogP contribution in [-0.2, 0) is 10.4 Å². The van der Waals surface area contributed by atoms with Gasteiger partial charge in [0.05, 0.1) is 29.7 Å². The Morgan fingerprint density at radius 1 is 1.05 bits per heavy atom. The number of hydrogen-bond acceptors (Lipinski definition) is 5. The number of piperidine rings is 1. The van der Waals surface area contributed by atoms with Gasteiger partial charge in [-0.05, 0) is 43.5 Å². The first-order valence-corrected chi connectivity index (χ1v) is 13.0. The summed E-state index contributed by atoms with van der Waals surface area (Å²) in [6, 6.07) is 14.6. The van der Waals surface area contributed by atoms with Crippen molar-refractivity contribution in [3.8, 4) is 0 Å². The standard InChI is InChI=1S/C27H31ClF2N4O3.H2S/c1-26(37,18-5-3-2-4-6-18)25(36)32-11-9-21(10-12-32)33-14-20(15-33)31-19-7-8-22(23(28)13-19)24(35)34-16-27(29,30)17-34;/h2-8,13,20-21,31,37H,9-12,14-17H2,1H3;1H2/t26-;/m0./s1. The van der Waals surface area contributed by atoms with Crippen molar-refractivity contribution in [3.63, 3.8) is 0 Å². The minimum absolute atomic E-state index is 0. The van der Waals surface area contributed by atoms with Crippen LogP contribution in [0.2, 0.25) is 5.02 Å². The van der Waals surface area contributed by atoms with Crippen LogP contribution < -0.4 is 5.32 Å². The van der Waals surface area contributed by atoms with E-state index in [0.29, 0.717) is 24.7 Å². The van der Waals surface area contributed by atoms with Crippen LogP contribution in [0.5, 0.6) is 0 Å². The fraction of sp³-hybridized carbons (Fsp3) is 0.481. The molecular weight excluding hydrogens is 534 g/mol. The SMILES string of the molecule is C[C@@](O)(C(=O)N1CCC(N2CC(Nc3ccc(C(=O)N4CC(F)(F)C4)c(Cl)c3)C2)CC1)c1ccccc1.S. The lowest BCUT2D eigenvalue weighted by atomic mass is 9.92. The number of likely N-dealkylation sites (tertiary alicyclic amines) is 3. The molecule has 3 aliphatic rings. The molecule has 38 heavy (non-hydrogen) atoms. The summed E-state index contributed by atoms with van der Waals surface area (Å²) in [5, 5.41) is 14.5. The van der Waals surface area contributed by atoms with Gasteiger partial charge in [-0.15, -0.1) is 0 Å². The van der Waals surface area contributed by atoms with Crippen molar-refractivity contribution in [1.82, 2.24) is 14.7 Å². The van der Waals surface area contributed by atoms with Crippen molar-refractivity contribution in [2.24, 2.45) is 0 Å². The van der Waals surface area contributed by atoms with E-state index in [1.807, 2.05) is 18.2 Å². The van der Waals surface area contributed by atoms with Crippen molar-refractivity contribution in [2.45, 2.75) is 43.4 Å². The molecule has 206 valence electrons. The lowest BCUT2D eigenvalue weighted by Crippen LogP contribution is -2.61. The average molecular weight is 567 g/mol. The Bertz CT molecular complexity index is 1160. The number of alkyl halides is 2. The van der Waals surface area contributed by atoms with Gasteiger partial charge in [0.2, 0.25) is 0 Å². The van der Waals surface area contributed by atoms with Gasteiger partial charge in [0.15, 0.2) is 5.60 Å². The fourth-order valence-corrected chi connectivity index (χ4v) is 5.63. The second kappa shape index (κ2) is 11.0. The zero-order valence-electron chi connectivity index (χ0n) is 21.2. The maximum absolute atomic E-state index is 13.1. The molecule has 0 aromatic heterocycles. The van der Waals surface area contributed by atoms with E-state index in [9.17, 15) is 23.5 Å². The summed E-state index contributed by atoms with van der Waals surface area (Å²) in [4.78, 5) is 30.6. The smallest absolute Gasteiger partial charge is 0.282 e. The van der Waals surface area contributed by atoms with Gasteiger partial charge in [-0.25, -0.2) is 8.78 Å². The van der Waals surface area contributed by atoms with Crippen LogP contribution in [0, 0.1) is 0 Å². The van der Waals surface area contributed by atoms with Crippen molar-refractivity contribution in [3.05, 3.63) is 64.7 Å². The molecular formula is C27H33ClF2N4O3S. The van der Waals surface area contributed by atoms with E-state index in [1.165, 1.54) is 0 Å². The van der Waals surface area contributed by atoms with E-state index < -0.39 is 30.5 Å². The number of nitrogens with one attached hydrogen (secondary N) is 1. The van der Waals surface area contributed by atoms with E-state index in [-0.39, 0.29) is 36.0 Å². The normalized spacial score (nSPS) is 21.5. The second-order valence-corrected chi connectivity index (χ2v) is 10.9. The summed E-state index contributed by atoms with van der Waals surface area (Å²) in [6.45, 7) is 3.33. The number of nitrogens with zero attached hydrogens (tertiary/aromatic N) is 3. The molecule has 3 saturated heterocycles. The first-order chi connectivity index (χ1) is 17.5. The molecule has 3 aliphatic heterocycles. The highest BCUT2D eigenvalue weighted by atomic mass is 35.5. The fourth-order valence-electron chi connectivity index (χ4n) is 5.37. The van der Waals surface area contributed by atoms with Crippen LogP contribution in [0.3, 0.4) is 0 Å². The Kier molecular flexibility index (Phi) is 8.28. The summed E-state index contributed by atoms with van der Waals surface area (Å²) in [5.41, 5.74) is 0.0642. The second-order valence-electron chi connectivity index (χ2n) is 10.5. The van der Waals surface area contributed by atoms with E-state index in [4.69, 9.17) is 11.6 Å². The summed E-state index contributed by atoms with van der Waals surface area (Å²) < 4.78 is 26.2. The van der Waals surface area contributed by atoms with Gasteiger partial charge in [-0.3, -0.25) is 14.5 Å². The number of rotatable bonds is 6. The molecule has 0 unspecified atom stereocenters. The van der Waals surface area contributed by atoms with Crippen molar-refractivity contribution in [2.75, 3.05) is 44.6 Å². The quantitative estimate of drug-likeness (QED) is 0.559. The zero-order chi connectivity index (χ0) is 26.4. The lowest BCUT2D eigenvalue weighted by Gasteiger charge is -2.48. The number of anilines is 1. The van der Waals surface area contributed by atoms with Crippen molar-refractivity contribution in [1.29, 1.82) is 0 Å². The number of carbonyl (C=O) groups excluding carboxylic acids is 2. The Labute approximate surface area is 233 Å². The summed E-state index contributed by atoms with van der Waals surface area (Å²) in [6.07, 6.45) is 1.70. The third-order valence-electron chi connectivity index (χ3n) is 7.63. The molecule has 2 N–H and O–H groups in total. The van der Waals surface area contributed by atoms with E-state index in [2.05, 4.69) is 10.2 Å². The molecule has 7 nitrogen and oxygen atoms in total. The minimum atomic E-state index is -2.81. The van der Waals surface area contributed by atoms with Gasteiger partial charge in [-0.2, -0.15) is 13.5 Å². The third kappa shape index (κ3) is 5.78.